The molecular weight excluding hydrogens is 208 g/mol. The van der Waals surface area contributed by atoms with Crippen LogP contribution in [-0.2, 0) is 0 Å². The lowest BCUT2D eigenvalue weighted by atomic mass is 10.0. The minimum Gasteiger partial charge on any atom is -0.310 e. The van der Waals surface area contributed by atoms with E-state index in [1.54, 1.807) is 0 Å². The van der Waals surface area contributed by atoms with Gasteiger partial charge in [0.05, 0.1) is 0 Å². The molecule has 0 bridgehead atoms. The summed E-state index contributed by atoms with van der Waals surface area (Å²) in [5.74, 6) is 0. The SMILES string of the molecule is CCCCCCC(NCCC)c1cccnc1. The fourth-order valence-electron chi connectivity index (χ4n) is 2.06. The molecule has 1 rings (SSSR count). The van der Waals surface area contributed by atoms with Crippen molar-refractivity contribution in [1.29, 1.82) is 0 Å². The predicted molar refractivity (Wildman–Crippen MR) is 74.0 cm³/mol. The van der Waals surface area contributed by atoms with Crippen molar-refractivity contribution in [3.8, 4) is 0 Å². The van der Waals surface area contributed by atoms with Crippen LogP contribution in [0.15, 0.2) is 24.5 Å². The molecule has 0 spiro atoms. The Hall–Kier alpha value is -0.890. The maximum atomic E-state index is 4.22. The van der Waals surface area contributed by atoms with E-state index in [1.807, 2.05) is 18.5 Å². The van der Waals surface area contributed by atoms with Crippen molar-refractivity contribution in [3.05, 3.63) is 30.1 Å². The summed E-state index contributed by atoms with van der Waals surface area (Å²) in [5, 5.41) is 3.62. The van der Waals surface area contributed by atoms with E-state index in [0.717, 1.165) is 6.54 Å². The smallest absolute Gasteiger partial charge is 0.0335 e. The van der Waals surface area contributed by atoms with Gasteiger partial charge in [-0.2, -0.15) is 0 Å². The molecule has 2 heteroatoms. The van der Waals surface area contributed by atoms with Crippen LogP contribution in [0.5, 0.6) is 0 Å². The maximum Gasteiger partial charge on any atom is 0.0335 e. The van der Waals surface area contributed by atoms with Gasteiger partial charge in [0.15, 0.2) is 0 Å². The highest BCUT2D eigenvalue weighted by molar-refractivity contribution is 5.13. The Balaban J connectivity index is 2.43. The van der Waals surface area contributed by atoms with E-state index in [2.05, 4.69) is 30.2 Å². The predicted octanol–water partition coefficient (Wildman–Crippen LogP) is 4.09. The molecule has 0 radical (unpaired) electrons. The molecule has 1 heterocycles. The van der Waals surface area contributed by atoms with E-state index in [0.29, 0.717) is 6.04 Å². The van der Waals surface area contributed by atoms with E-state index in [9.17, 15) is 0 Å². The Kier molecular flexibility index (Phi) is 7.65. The third-order valence-corrected chi connectivity index (χ3v) is 3.07. The Morgan fingerprint density at radius 2 is 2.06 bits per heavy atom. The van der Waals surface area contributed by atoms with Gasteiger partial charge in [0, 0.05) is 18.4 Å². The molecule has 0 fully saturated rings. The second-order valence-corrected chi connectivity index (χ2v) is 4.64. The zero-order valence-electron chi connectivity index (χ0n) is 11.3. The lowest BCUT2D eigenvalue weighted by Gasteiger charge is -2.18. The van der Waals surface area contributed by atoms with Crippen LogP contribution < -0.4 is 5.32 Å². The topological polar surface area (TPSA) is 24.9 Å². The highest BCUT2D eigenvalue weighted by Gasteiger charge is 2.09. The minimum absolute atomic E-state index is 0.487. The van der Waals surface area contributed by atoms with Gasteiger partial charge in [0.1, 0.15) is 0 Å². The molecule has 1 unspecified atom stereocenters. The molecule has 0 aliphatic carbocycles. The Morgan fingerprint density at radius 3 is 2.71 bits per heavy atom. The average molecular weight is 234 g/mol. The summed E-state index contributed by atoms with van der Waals surface area (Å²) in [6, 6.07) is 4.70. The van der Waals surface area contributed by atoms with Crippen LogP contribution in [0, 0.1) is 0 Å². The quantitative estimate of drug-likeness (QED) is 0.651. The monoisotopic (exact) mass is 234 g/mol. The van der Waals surface area contributed by atoms with Crippen molar-refractivity contribution in [2.45, 2.75) is 58.4 Å². The van der Waals surface area contributed by atoms with E-state index in [-0.39, 0.29) is 0 Å². The second-order valence-electron chi connectivity index (χ2n) is 4.64. The molecule has 17 heavy (non-hydrogen) atoms. The number of hydrogen-bond donors (Lipinski definition) is 1. The molecule has 1 N–H and O–H groups in total. The van der Waals surface area contributed by atoms with Gasteiger partial charge in [-0.3, -0.25) is 4.98 Å². The highest BCUT2D eigenvalue weighted by Crippen LogP contribution is 2.19. The van der Waals surface area contributed by atoms with Gasteiger partial charge >= 0.3 is 0 Å². The number of rotatable bonds is 9. The number of nitrogens with one attached hydrogen (secondary N) is 1. The van der Waals surface area contributed by atoms with E-state index in [4.69, 9.17) is 0 Å². The lowest BCUT2D eigenvalue weighted by molar-refractivity contribution is 0.469. The van der Waals surface area contributed by atoms with Gasteiger partial charge in [-0.25, -0.2) is 0 Å². The Bertz CT molecular complexity index is 272. The van der Waals surface area contributed by atoms with Crippen LogP contribution in [0.3, 0.4) is 0 Å². The van der Waals surface area contributed by atoms with Crippen molar-refractivity contribution in [2.24, 2.45) is 0 Å². The Labute approximate surface area is 106 Å². The van der Waals surface area contributed by atoms with Crippen LogP contribution in [0.25, 0.3) is 0 Å². The van der Waals surface area contributed by atoms with Crippen LogP contribution >= 0.6 is 0 Å². The number of nitrogens with zero attached hydrogens (tertiary/aromatic N) is 1. The molecule has 0 saturated heterocycles. The van der Waals surface area contributed by atoms with Crippen molar-refractivity contribution in [2.75, 3.05) is 6.54 Å². The first-order valence-corrected chi connectivity index (χ1v) is 7.01. The zero-order valence-corrected chi connectivity index (χ0v) is 11.3. The number of unbranched alkanes of at least 4 members (excludes halogenated alkanes) is 3. The molecule has 2 nitrogen and oxygen atoms in total. The molecule has 0 aliphatic heterocycles. The summed E-state index contributed by atoms with van der Waals surface area (Å²) >= 11 is 0. The molecule has 0 amide bonds. The fourth-order valence-corrected chi connectivity index (χ4v) is 2.06. The average Bonchev–Trinajstić information content (AvgIpc) is 2.39. The largest absolute Gasteiger partial charge is 0.310 e. The van der Waals surface area contributed by atoms with Gasteiger partial charge in [-0.1, -0.05) is 45.6 Å². The van der Waals surface area contributed by atoms with E-state index in [1.165, 1.54) is 44.1 Å². The van der Waals surface area contributed by atoms with Gasteiger partial charge in [0.2, 0.25) is 0 Å². The van der Waals surface area contributed by atoms with Gasteiger partial charge in [-0.05, 0) is 31.0 Å². The summed E-state index contributed by atoms with van der Waals surface area (Å²) in [4.78, 5) is 4.22. The summed E-state index contributed by atoms with van der Waals surface area (Å²) in [6.07, 6.45) is 11.6. The van der Waals surface area contributed by atoms with Crippen molar-refractivity contribution in [3.63, 3.8) is 0 Å². The van der Waals surface area contributed by atoms with Crippen LogP contribution in [0.4, 0.5) is 0 Å². The van der Waals surface area contributed by atoms with Crippen molar-refractivity contribution in [1.82, 2.24) is 10.3 Å². The molecule has 1 aromatic rings. The number of pyridine rings is 1. The minimum atomic E-state index is 0.487. The molecule has 1 atom stereocenters. The van der Waals surface area contributed by atoms with Crippen LogP contribution in [0.2, 0.25) is 0 Å². The molecule has 96 valence electrons. The van der Waals surface area contributed by atoms with E-state index < -0.39 is 0 Å². The number of hydrogen-bond acceptors (Lipinski definition) is 2. The van der Waals surface area contributed by atoms with Crippen LogP contribution in [-0.4, -0.2) is 11.5 Å². The summed E-state index contributed by atoms with van der Waals surface area (Å²) in [7, 11) is 0. The normalized spacial score (nSPS) is 12.6. The van der Waals surface area contributed by atoms with E-state index >= 15 is 0 Å². The molecule has 0 aliphatic rings. The van der Waals surface area contributed by atoms with Crippen molar-refractivity contribution >= 4 is 0 Å². The first-order chi connectivity index (χ1) is 8.38. The summed E-state index contributed by atoms with van der Waals surface area (Å²) in [5.41, 5.74) is 1.33. The molecule has 0 saturated carbocycles. The van der Waals surface area contributed by atoms with Crippen molar-refractivity contribution < 1.29 is 0 Å². The first-order valence-electron chi connectivity index (χ1n) is 7.01. The molecule has 1 aromatic heterocycles. The standard InChI is InChI=1S/C15H26N2/c1-3-5-6-7-10-15(17-11-4-2)14-9-8-12-16-13-14/h8-9,12-13,15,17H,3-7,10-11H2,1-2H3. The van der Waals surface area contributed by atoms with Gasteiger partial charge < -0.3 is 5.32 Å². The number of aromatic nitrogens is 1. The summed E-state index contributed by atoms with van der Waals surface area (Å²) in [6.45, 7) is 5.56. The molecule has 0 aromatic carbocycles. The maximum absolute atomic E-state index is 4.22. The second kappa shape index (κ2) is 9.17. The zero-order chi connectivity index (χ0) is 12.3. The third kappa shape index (κ3) is 5.83. The van der Waals surface area contributed by atoms with Gasteiger partial charge in [0.25, 0.3) is 0 Å². The fraction of sp³-hybridized carbons (Fsp3) is 0.667. The molecular formula is C15H26N2. The summed E-state index contributed by atoms with van der Waals surface area (Å²) < 4.78 is 0. The van der Waals surface area contributed by atoms with Crippen LogP contribution in [0.1, 0.15) is 64.0 Å². The lowest BCUT2D eigenvalue weighted by Crippen LogP contribution is -2.22. The highest BCUT2D eigenvalue weighted by atomic mass is 14.9. The van der Waals surface area contributed by atoms with Gasteiger partial charge in [-0.15, -0.1) is 0 Å². The first kappa shape index (κ1) is 14.2. The Morgan fingerprint density at radius 1 is 1.18 bits per heavy atom. The third-order valence-electron chi connectivity index (χ3n) is 3.07.